The Balaban J connectivity index is 2.40. The zero-order valence-electron chi connectivity index (χ0n) is 21.8. The molecule has 196 valence electrons. The summed E-state index contributed by atoms with van der Waals surface area (Å²) in [6.45, 7) is 14.7. The van der Waals surface area contributed by atoms with Gasteiger partial charge in [-0.15, -0.1) is 0 Å². The summed E-state index contributed by atoms with van der Waals surface area (Å²) in [5, 5.41) is 3.91. The molecular weight excluding hydrogens is 462 g/mol. The van der Waals surface area contributed by atoms with Crippen molar-refractivity contribution in [3.05, 3.63) is 22.6 Å². The zero-order chi connectivity index (χ0) is 25.6. The third-order valence-electron chi connectivity index (χ3n) is 6.26. The second-order valence-electron chi connectivity index (χ2n) is 10.4. The summed E-state index contributed by atoms with van der Waals surface area (Å²) in [7, 11) is 0.750. The average molecular weight is 504 g/mol. The largest absolute Gasteiger partial charge is 0.392 e. The molecule has 12 heteroatoms. The highest BCUT2D eigenvalue weighted by Crippen LogP contribution is 2.40. The normalized spacial score (nSPS) is 32.1. The summed E-state index contributed by atoms with van der Waals surface area (Å²) in [6, 6.07) is -0.800. The molecule has 2 saturated heterocycles. The topological polar surface area (TPSA) is 123 Å². The summed E-state index contributed by atoms with van der Waals surface area (Å²) in [4.78, 5) is 3.04. The van der Waals surface area contributed by atoms with Crippen LogP contribution < -0.4 is 0 Å². The van der Waals surface area contributed by atoms with E-state index in [1.54, 1.807) is 0 Å². The average Bonchev–Trinajstić information content (AvgIpc) is 3.09. The molecule has 0 saturated carbocycles. The van der Waals surface area contributed by atoms with Crippen LogP contribution in [0, 0.1) is 0 Å². The standard InChI is InChI=1S/C22H41N3O8Si/c1-21(2,3)34(8,9)33-20-17(24-25-23)19(29-14-27-7)18(28-13-26-6)16(31-20)11-10-15-12-30-22(4,5)32-15/h10-11,15-20H,12-14H2,1-9H3/b11-10-/t15-,16+,17-,18+,19+,20+/m1/s1. The van der Waals surface area contributed by atoms with Crippen LogP contribution in [0.3, 0.4) is 0 Å². The second kappa shape index (κ2) is 12.3. The third kappa shape index (κ3) is 7.72. The quantitative estimate of drug-likeness (QED) is 0.103. The van der Waals surface area contributed by atoms with Gasteiger partial charge in [0.25, 0.3) is 0 Å². The highest BCUT2D eigenvalue weighted by Gasteiger charge is 2.50. The van der Waals surface area contributed by atoms with Gasteiger partial charge in [0, 0.05) is 19.1 Å². The minimum atomic E-state index is -2.30. The van der Waals surface area contributed by atoms with E-state index in [0.717, 1.165) is 0 Å². The van der Waals surface area contributed by atoms with Gasteiger partial charge >= 0.3 is 0 Å². The predicted molar refractivity (Wildman–Crippen MR) is 127 cm³/mol. The molecule has 2 aliphatic rings. The van der Waals surface area contributed by atoms with Crippen molar-refractivity contribution >= 4 is 8.32 Å². The van der Waals surface area contributed by atoms with E-state index in [0.29, 0.717) is 6.61 Å². The van der Waals surface area contributed by atoms with E-state index in [1.165, 1.54) is 14.2 Å². The molecule has 0 amide bonds. The van der Waals surface area contributed by atoms with Gasteiger partial charge in [0.05, 0.1) is 6.61 Å². The third-order valence-corrected chi connectivity index (χ3v) is 10.7. The summed E-state index contributed by atoms with van der Waals surface area (Å²) in [6.07, 6.45) is 0.699. The molecule has 0 spiro atoms. The molecule has 34 heavy (non-hydrogen) atoms. The lowest BCUT2D eigenvalue weighted by Gasteiger charge is -2.47. The van der Waals surface area contributed by atoms with Crippen molar-refractivity contribution in [2.75, 3.05) is 34.4 Å². The summed E-state index contributed by atoms with van der Waals surface area (Å²) < 4.78 is 46.7. The first-order chi connectivity index (χ1) is 15.8. The van der Waals surface area contributed by atoms with Gasteiger partial charge in [-0.25, -0.2) is 0 Å². The minimum absolute atomic E-state index is 0.00196. The maximum Gasteiger partial charge on any atom is 0.195 e. The number of hydrogen-bond donors (Lipinski definition) is 0. The highest BCUT2D eigenvalue weighted by molar-refractivity contribution is 6.74. The van der Waals surface area contributed by atoms with Gasteiger partial charge in [-0.3, -0.25) is 0 Å². The maximum atomic E-state index is 9.32. The first-order valence-corrected chi connectivity index (χ1v) is 14.3. The van der Waals surface area contributed by atoms with Crippen LogP contribution in [0.4, 0.5) is 0 Å². The Hall–Kier alpha value is -1.05. The first-order valence-electron chi connectivity index (χ1n) is 11.4. The van der Waals surface area contributed by atoms with Crippen LogP contribution in [0.15, 0.2) is 17.3 Å². The second-order valence-corrected chi connectivity index (χ2v) is 15.1. The molecule has 0 aliphatic carbocycles. The number of methoxy groups -OCH3 is 2. The van der Waals surface area contributed by atoms with Crippen LogP contribution in [0.25, 0.3) is 10.4 Å². The van der Waals surface area contributed by atoms with Crippen molar-refractivity contribution < 1.29 is 37.6 Å². The lowest BCUT2D eigenvalue weighted by atomic mass is 9.96. The Morgan fingerprint density at radius 2 is 1.71 bits per heavy atom. The van der Waals surface area contributed by atoms with E-state index < -0.39 is 44.7 Å². The molecule has 2 fully saturated rings. The summed E-state index contributed by atoms with van der Waals surface area (Å²) in [5.74, 6) is -0.654. The van der Waals surface area contributed by atoms with Crippen molar-refractivity contribution in [2.45, 2.75) is 95.3 Å². The van der Waals surface area contributed by atoms with Gasteiger partial charge in [0.15, 0.2) is 20.4 Å². The minimum Gasteiger partial charge on any atom is -0.392 e. The summed E-state index contributed by atoms with van der Waals surface area (Å²) >= 11 is 0. The van der Waals surface area contributed by atoms with Gasteiger partial charge in [-0.1, -0.05) is 38.0 Å². The number of ether oxygens (including phenoxy) is 7. The van der Waals surface area contributed by atoms with Crippen LogP contribution in [-0.2, 0) is 37.6 Å². The molecule has 0 N–H and O–H groups in total. The molecule has 11 nitrogen and oxygen atoms in total. The molecule has 0 radical (unpaired) electrons. The van der Waals surface area contributed by atoms with Crippen molar-refractivity contribution in [2.24, 2.45) is 5.11 Å². The monoisotopic (exact) mass is 503 g/mol. The zero-order valence-corrected chi connectivity index (χ0v) is 22.8. The smallest absolute Gasteiger partial charge is 0.195 e. The van der Waals surface area contributed by atoms with Crippen LogP contribution in [0.5, 0.6) is 0 Å². The number of azide groups is 1. The van der Waals surface area contributed by atoms with E-state index >= 15 is 0 Å². The highest BCUT2D eigenvalue weighted by atomic mass is 28.4. The maximum absolute atomic E-state index is 9.32. The predicted octanol–water partition coefficient (Wildman–Crippen LogP) is 4.10. The number of nitrogens with zero attached hydrogens (tertiary/aromatic N) is 3. The van der Waals surface area contributed by atoms with Gasteiger partial charge < -0.3 is 37.6 Å². The van der Waals surface area contributed by atoms with Gasteiger partial charge in [-0.2, -0.15) is 0 Å². The Bertz CT molecular complexity index is 723. The van der Waals surface area contributed by atoms with Crippen LogP contribution >= 0.6 is 0 Å². The molecular formula is C22H41N3O8Si. The fourth-order valence-corrected chi connectivity index (χ4v) is 4.60. The van der Waals surface area contributed by atoms with Gasteiger partial charge in [0.2, 0.25) is 0 Å². The molecule has 0 aromatic heterocycles. The van der Waals surface area contributed by atoms with Crippen LogP contribution in [0.1, 0.15) is 34.6 Å². The Morgan fingerprint density at radius 1 is 1.09 bits per heavy atom. The van der Waals surface area contributed by atoms with Crippen molar-refractivity contribution in [1.82, 2.24) is 0 Å². The molecule has 0 bridgehead atoms. The van der Waals surface area contributed by atoms with E-state index in [-0.39, 0.29) is 24.7 Å². The fraction of sp³-hybridized carbons (Fsp3) is 0.909. The molecule has 2 rings (SSSR count). The van der Waals surface area contributed by atoms with E-state index in [2.05, 4.69) is 43.9 Å². The Labute approximate surface area is 203 Å². The van der Waals surface area contributed by atoms with E-state index in [9.17, 15) is 5.53 Å². The van der Waals surface area contributed by atoms with Gasteiger partial charge in [-0.05, 0) is 37.5 Å². The molecule has 2 heterocycles. The molecule has 0 aromatic rings. The number of hydrogen-bond acceptors (Lipinski definition) is 9. The lowest BCUT2D eigenvalue weighted by Crippen LogP contribution is -2.61. The first kappa shape index (κ1) is 29.2. The van der Waals surface area contributed by atoms with Crippen molar-refractivity contribution in [3.63, 3.8) is 0 Å². The van der Waals surface area contributed by atoms with Crippen LogP contribution in [-0.4, -0.2) is 85.3 Å². The molecule has 0 unspecified atom stereocenters. The van der Waals surface area contributed by atoms with Crippen molar-refractivity contribution in [1.29, 1.82) is 0 Å². The molecule has 2 aliphatic heterocycles. The lowest BCUT2D eigenvalue weighted by molar-refractivity contribution is -0.266. The SMILES string of the molecule is COCO[C@@H]1[C@@H](OCOC)[C@@H](N=[N+]=[N-])[C@H](O[Si](C)(C)C(C)(C)C)O[C@H]1/C=C\[C@@H]1COC(C)(C)O1. The van der Waals surface area contributed by atoms with E-state index in [1.807, 2.05) is 26.0 Å². The summed E-state index contributed by atoms with van der Waals surface area (Å²) in [5.41, 5.74) is 9.32. The van der Waals surface area contributed by atoms with Crippen molar-refractivity contribution in [3.8, 4) is 0 Å². The molecule has 6 atom stereocenters. The van der Waals surface area contributed by atoms with Crippen LogP contribution in [0.2, 0.25) is 18.1 Å². The molecule has 0 aromatic carbocycles. The fourth-order valence-electron chi connectivity index (χ4n) is 3.47. The Kier molecular flexibility index (Phi) is 10.5. The number of rotatable bonds is 11. The Morgan fingerprint density at radius 3 is 2.21 bits per heavy atom. The van der Waals surface area contributed by atoms with E-state index in [4.69, 9.17) is 37.6 Å². The van der Waals surface area contributed by atoms with Gasteiger partial charge in [0.1, 0.15) is 44.0 Å².